The average Bonchev–Trinajstić information content (AvgIpc) is 3.89. The fraction of sp³-hybridized carbons (Fsp3) is 0.692. The molecule has 4 aliphatic rings. The maximum absolute atomic E-state index is 14.5. The molecule has 0 bridgehead atoms. The molecule has 2 amide bonds. The van der Waals surface area contributed by atoms with Crippen molar-refractivity contribution in [3.63, 3.8) is 0 Å². The van der Waals surface area contributed by atoms with E-state index in [-0.39, 0.29) is 52.8 Å². The molecular formula is C39H57N8O16PS3. The molecule has 3 aromatic heterocycles. The molecule has 67 heavy (non-hydrogen) atoms. The number of hydrogen-bond acceptors (Lipinski definition) is 23. The first-order valence-corrected chi connectivity index (χ1v) is 25.6. The number of imidazole rings is 1. The molecule has 4 unspecified atom stereocenters. The molecule has 1 spiro atoms. The number of aliphatic hydroxyl groups is 6. The number of rotatable bonds is 16. The number of nitrogens with two attached hydrogens (primary N) is 2. The number of anilines is 1. The number of nitrogens with zero attached hydrogens (tertiary/aromatic N) is 3. The zero-order valence-corrected chi connectivity index (χ0v) is 40.4. The first-order chi connectivity index (χ1) is 31.6. The molecule has 3 fully saturated rings. The highest BCUT2D eigenvalue weighted by Gasteiger charge is 2.70. The number of H-pyrrole nitrogens is 1. The van der Waals surface area contributed by atoms with Crippen LogP contribution in [0.3, 0.4) is 0 Å². The Morgan fingerprint density at radius 1 is 1.18 bits per heavy atom. The zero-order valence-electron chi connectivity index (χ0n) is 37.1. The summed E-state index contributed by atoms with van der Waals surface area (Å²) in [4.78, 5) is 51.8. The van der Waals surface area contributed by atoms with Crippen LogP contribution in [0, 0.1) is 10.6 Å². The van der Waals surface area contributed by atoms with Gasteiger partial charge in [0.05, 0.1) is 68.3 Å². The van der Waals surface area contributed by atoms with E-state index in [0.29, 0.717) is 17.7 Å². The summed E-state index contributed by atoms with van der Waals surface area (Å²) in [5, 5.41) is 71.1. The van der Waals surface area contributed by atoms with Crippen LogP contribution in [0.2, 0.25) is 0 Å². The number of aliphatic hydroxyl groups excluding tert-OH is 5. The van der Waals surface area contributed by atoms with Gasteiger partial charge in [-0.2, -0.15) is 16.7 Å². The lowest BCUT2D eigenvalue weighted by Gasteiger charge is -2.52. The predicted molar refractivity (Wildman–Crippen MR) is 242 cm³/mol. The Morgan fingerprint density at radius 3 is 2.54 bits per heavy atom. The van der Waals surface area contributed by atoms with Crippen LogP contribution in [0.1, 0.15) is 63.0 Å². The Balaban J connectivity index is 1.08. The summed E-state index contributed by atoms with van der Waals surface area (Å²) >= 11 is 7.98. The molecule has 6 heterocycles. The van der Waals surface area contributed by atoms with E-state index in [0.717, 1.165) is 7.11 Å². The minimum atomic E-state index is -3.98. The topological polar surface area (TPSA) is 372 Å². The summed E-state index contributed by atoms with van der Waals surface area (Å²) in [5.74, 6) is -5.28. The molecule has 1 saturated carbocycles. The van der Waals surface area contributed by atoms with Crippen molar-refractivity contribution in [3.8, 4) is 5.88 Å². The molecule has 12 atom stereocenters. The Kier molecular flexibility index (Phi) is 15.2. The third-order valence-electron chi connectivity index (χ3n) is 12.9. The summed E-state index contributed by atoms with van der Waals surface area (Å²) in [5.41, 5.74) is 10.5. The van der Waals surface area contributed by atoms with E-state index < -0.39 is 127 Å². The van der Waals surface area contributed by atoms with Crippen LogP contribution in [0.25, 0.3) is 11.2 Å². The Hall–Kier alpha value is -3.41. The van der Waals surface area contributed by atoms with Crippen LogP contribution in [0.15, 0.2) is 16.9 Å². The van der Waals surface area contributed by atoms with Crippen molar-refractivity contribution >= 4 is 78.3 Å². The number of aromatic nitrogens is 4. The number of carbonyl (C=O) groups excluding carboxylic acids is 3. The van der Waals surface area contributed by atoms with E-state index in [2.05, 4.69) is 25.6 Å². The molecule has 1 aliphatic carbocycles. The SMILES string of the molecule is COC(=O)[C@]1(Oc2[nH]cc3c2COP(=O)(C2CC4(C2)SC(n2cnc5c(=S)oc(N)nc52)C(O)C4(C)O)OC3)C[C@H](O)[C@@H](NC(=O)[C@H](NC(=O)[C@H](N)CCSC)C(C)C)[C@H]([C@H](O)[C@H](O)CO)O1. The second-order valence-corrected chi connectivity index (χ2v) is 22.8. The zero-order chi connectivity index (χ0) is 49.0. The van der Waals surface area contributed by atoms with Crippen molar-refractivity contribution in [2.75, 3.05) is 31.5 Å². The second-order valence-electron chi connectivity index (χ2n) is 17.6. The van der Waals surface area contributed by atoms with Crippen molar-refractivity contribution in [2.24, 2.45) is 11.7 Å². The number of nitrogen functional groups attached to an aromatic ring is 1. The summed E-state index contributed by atoms with van der Waals surface area (Å²) in [6.07, 6.45) is -4.40. The Labute approximate surface area is 397 Å². The van der Waals surface area contributed by atoms with E-state index >= 15 is 0 Å². The highest BCUT2D eigenvalue weighted by molar-refractivity contribution is 8.01. The lowest BCUT2D eigenvalue weighted by atomic mass is 9.70. The van der Waals surface area contributed by atoms with Crippen LogP contribution in [-0.4, -0.2) is 164 Å². The van der Waals surface area contributed by atoms with Crippen LogP contribution in [-0.2, 0) is 50.7 Å². The fourth-order valence-electron chi connectivity index (χ4n) is 8.82. The normalized spacial score (nSPS) is 33.6. The van der Waals surface area contributed by atoms with Crippen molar-refractivity contribution in [1.82, 2.24) is 30.2 Å². The van der Waals surface area contributed by atoms with E-state index in [1.165, 1.54) is 43.0 Å². The maximum Gasteiger partial charge on any atom is 0.379 e. The van der Waals surface area contributed by atoms with E-state index in [1.807, 2.05) is 6.26 Å². The third-order valence-corrected chi connectivity index (χ3v) is 18.0. The van der Waals surface area contributed by atoms with Crippen LogP contribution in [0.4, 0.5) is 6.01 Å². The molecule has 7 rings (SSSR count). The minimum absolute atomic E-state index is 0.00550. The number of hydrogen-bond donors (Lipinski definition) is 11. The number of esters is 1. The van der Waals surface area contributed by atoms with Crippen molar-refractivity contribution in [3.05, 3.63) is 28.4 Å². The number of ether oxygens (including phenoxy) is 3. The lowest BCUT2D eigenvalue weighted by Crippen LogP contribution is -2.70. The summed E-state index contributed by atoms with van der Waals surface area (Å²) in [7, 11) is -2.97. The van der Waals surface area contributed by atoms with Crippen LogP contribution in [0.5, 0.6) is 5.88 Å². The molecule has 0 aromatic carbocycles. The first-order valence-electron chi connectivity index (χ1n) is 21.3. The number of amides is 2. The second kappa shape index (κ2) is 19.8. The number of thioether (sulfide) groups is 2. The van der Waals surface area contributed by atoms with E-state index in [1.54, 1.807) is 18.4 Å². The molecule has 28 heteroatoms. The Morgan fingerprint density at radius 2 is 1.88 bits per heavy atom. The standard InChI is InChI=1S/C39H57N8O16PS3/c1-16(2)23(44-30(53)20(40)6-7-66-5)31(54)45-24-21(49)10-39(35(55)58-4,62-27(24)26(51)22(50)12-48)63-32-19-14-60-64(57,59-13-17(19)11-42-32)18-8-38(9-18)37(3,56)28(52)33(67-38)47-15-43-25-29(47)46-36(41)61-34(25)65/h11,15-16,18,20-24,26-28,33,42,48-52,56H,6-10,12-14,40H2,1-5H3,(H2,41,46)(H,44,53)(H,45,54)/t18?,20-,21+,22-,23-,24-,26-,27-,28?,33?,37?,38?,39-,64?/m1/s1. The molecular weight excluding hydrogens is 964 g/mol. The molecule has 13 N–H and O–H groups in total. The quantitative estimate of drug-likeness (QED) is 0.0497. The molecule has 3 aromatic rings. The molecule has 2 saturated heterocycles. The minimum Gasteiger partial charge on any atom is -0.464 e. The van der Waals surface area contributed by atoms with Gasteiger partial charge in [-0.05, 0) is 56.3 Å². The maximum atomic E-state index is 14.5. The highest BCUT2D eigenvalue weighted by atomic mass is 32.2. The summed E-state index contributed by atoms with van der Waals surface area (Å²) in [6, 6.07) is -3.87. The number of methoxy groups -OCH3 is 1. The van der Waals surface area contributed by atoms with Gasteiger partial charge in [0.25, 0.3) is 6.01 Å². The van der Waals surface area contributed by atoms with Gasteiger partial charge in [0.2, 0.25) is 22.4 Å². The summed E-state index contributed by atoms with van der Waals surface area (Å²) < 4.78 is 49.7. The smallest absolute Gasteiger partial charge is 0.379 e. The third kappa shape index (κ3) is 9.49. The van der Waals surface area contributed by atoms with Crippen molar-refractivity contribution < 1.29 is 77.3 Å². The highest BCUT2D eigenvalue weighted by Crippen LogP contribution is 2.73. The average molecular weight is 1020 g/mol. The number of carbonyl (C=O) groups is 3. The van der Waals surface area contributed by atoms with Crippen LogP contribution < -0.4 is 26.8 Å². The Bertz CT molecular complexity index is 2430. The lowest BCUT2D eigenvalue weighted by molar-refractivity contribution is -0.286. The van der Waals surface area contributed by atoms with Gasteiger partial charge in [-0.3, -0.25) is 18.7 Å². The van der Waals surface area contributed by atoms with Gasteiger partial charge in [0.15, 0.2) is 11.2 Å². The van der Waals surface area contributed by atoms with Gasteiger partial charge < -0.3 is 85.4 Å². The number of aromatic amines is 1. The van der Waals surface area contributed by atoms with E-state index in [4.69, 9.17) is 51.4 Å². The van der Waals surface area contributed by atoms with E-state index in [9.17, 15) is 49.6 Å². The van der Waals surface area contributed by atoms with Gasteiger partial charge in [-0.15, -0.1) is 11.8 Å². The fourth-order valence-corrected chi connectivity index (χ4v) is 14.1. The summed E-state index contributed by atoms with van der Waals surface area (Å²) in [6.45, 7) is 3.16. The van der Waals surface area contributed by atoms with Crippen LogP contribution >= 0.6 is 43.3 Å². The molecule has 3 aliphatic heterocycles. The first kappa shape index (κ1) is 51.4. The number of fused-ring (bicyclic) bond motifs is 2. The number of nitrogens with one attached hydrogen (secondary N) is 3. The predicted octanol–water partition coefficient (Wildman–Crippen LogP) is -0.319. The van der Waals surface area contributed by atoms with Gasteiger partial charge in [0, 0.05) is 17.3 Å². The van der Waals surface area contributed by atoms with Gasteiger partial charge in [-0.25, -0.2) is 9.78 Å². The molecule has 372 valence electrons. The van der Waals surface area contributed by atoms with Crippen molar-refractivity contribution in [1.29, 1.82) is 0 Å². The van der Waals surface area contributed by atoms with Crippen molar-refractivity contribution in [2.45, 2.75) is 135 Å². The van der Waals surface area contributed by atoms with Gasteiger partial charge in [-0.1, -0.05) is 13.8 Å². The largest absolute Gasteiger partial charge is 0.464 e. The molecule has 0 radical (unpaired) electrons. The monoisotopic (exact) mass is 1020 g/mol. The molecule has 24 nitrogen and oxygen atoms in total. The van der Waals surface area contributed by atoms with Gasteiger partial charge >= 0.3 is 19.4 Å². The van der Waals surface area contributed by atoms with Gasteiger partial charge in [0.1, 0.15) is 41.4 Å².